The van der Waals surface area contributed by atoms with Crippen LogP contribution in [0.1, 0.15) is 6.42 Å². The minimum Gasteiger partial charge on any atom is -0.294 e. The topological polar surface area (TPSA) is 17.1 Å². The van der Waals surface area contributed by atoms with Crippen molar-refractivity contribution in [1.82, 2.24) is 0 Å². The molecule has 1 fully saturated rings. The molecule has 3 aliphatic carbocycles. The summed E-state index contributed by atoms with van der Waals surface area (Å²) < 4.78 is -0.0104. The van der Waals surface area contributed by atoms with Gasteiger partial charge in [-0.2, -0.15) is 0 Å². The molecule has 62 valence electrons. The van der Waals surface area contributed by atoms with Crippen molar-refractivity contribution >= 4 is 21.7 Å². The molecule has 0 radical (unpaired) electrons. The van der Waals surface area contributed by atoms with E-state index in [0.717, 1.165) is 6.42 Å². The molecule has 4 atom stereocenters. The lowest BCUT2D eigenvalue weighted by Gasteiger charge is -2.28. The number of carbonyl (C=O) groups is 1. The van der Waals surface area contributed by atoms with Crippen molar-refractivity contribution in [3.63, 3.8) is 0 Å². The highest BCUT2D eigenvalue weighted by atomic mass is 79.9. The van der Waals surface area contributed by atoms with E-state index >= 15 is 0 Å². The fourth-order valence-corrected chi connectivity index (χ4v) is 3.87. The number of ketones is 1. The van der Waals surface area contributed by atoms with Gasteiger partial charge in [0.15, 0.2) is 5.78 Å². The highest BCUT2D eigenvalue weighted by Gasteiger charge is 2.57. The lowest BCUT2D eigenvalue weighted by Crippen LogP contribution is -2.33. The highest BCUT2D eigenvalue weighted by molar-refractivity contribution is 9.10. The van der Waals surface area contributed by atoms with Crippen molar-refractivity contribution in [1.29, 1.82) is 0 Å². The van der Waals surface area contributed by atoms with Crippen LogP contribution < -0.4 is 0 Å². The summed E-state index contributed by atoms with van der Waals surface area (Å²) >= 11 is 3.71. The molecule has 0 amide bonds. The van der Waals surface area contributed by atoms with E-state index in [0.29, 0.717) is 17.6 Å². The molecule has 2 bridgehead atoms. The maximum Gasteiger partial charge on any atom is 0.160 e. The molecule has 2 heteroatoms. The summed E-state index contributed by atoms with van der Waals surface area (Å²) in [5, 5.41) is 0. The summed E-state index contributed by atoms with van der Waals surface area (Å²) in [5.74, 6) is 1.56. The standard InChI is InChI=1S/C10H9BrO/c11-10-4-3-8(12)9(10)6-1-2-7(10)5-6/h1-4,6-7,9H,5H2/t6-,7+,9+,10-/m1/s1. The molecule has 0 heterocycles. The Morgan fingerprint density at radius 1 is 1.50 bits per heavy atom. The first-order valence-electron chi connectivity index (χ1n) is 4.32. The largest absolute Gasteiger partial charge is 0.294 e. The van der Waals surface area contributed by atoms with Crippen molar-refractivity contribution in [2.45, 2.75) is 10.7 Å². The van der Waals surface area contributed by atoms with Gasteiger partial charge in [-0.15, -0.1) is 0 Å². The fraction of sp³-hybridized carbons (Fsp3) is 0.500. The molecule has 1 nitrogen and oxygen atoms in total. The van der Waals surface area contributed by atoms with E-state index in [1.807, 2.05) is 6.08 Å². The second kappa shape index (κ2) is 1.92. The average molecular weight is 225 g/mol. The molecular formula is C10H9BrO. The lowest BCUT2D eigenvalue weighted by molar-refractivity contribution is -0.118. The molecule has 3 aliphatic rings. The first kappa shape index (κ1) is 7.07. The molecular weight excluding hydrogens is 216 g/mol. The van der Waals surface area contributed by atoms with E-state index in [-0.39, 0.29) is 10.2 Å². The van der Waals surface area contributed by atoms with Gasteiger partial charge in [-0.25, -0.2) is 0 Å². The van der Waals surface area contributed by atoms with Crippen molar-refractivity contribution < 1.29 is 4.79 Å². The van der Waals surface area contributed by atoms with Crippen LogP contribution >= 0.6 is 15.9 Å². The maximum atomic E-state index is 11.5. The van der Waals surface area contributed by atoms with Gasteiger partial charge in [0, 0.05) is 5.92 Å². The minimum absolute atomic E-state index is 0.0104. The van der Waals surface area contributed by atoms with Gasteiger partial charge in [0.2, 0.25) is 0 Å². The Morgan fingerprint density at radius 2 is 2.33 bits per heavy atom. The number of rotatable bonds is 0. The second-order valence-corrected chi connectivity index (χ2v) is 5.31. The van der Waals surface area contributed by atoms with E-state index in [9.17, 15) is 4.79 Å². The third kappa shape index (κ3) is 0.598. The first-order chi connectivity index (χ1) is 5.72. The molecule has 0 spiro atoms. The van der Waals surface area contributed by atoms with E-state index in [2.05, 4.69) is 28.1 Å². The zero-order valence-electron chi connectivity index (χ0n) is 6.53. The van der Waals surface area contributed by atoms with Gasteiger partial charge in [0.25, 0.3) is 0 Å². The van der Waals surface area contributed by atoms with Crippen LogP contribution in [-0.2, 0) is 4.79 Å². The average Bonchev–Trinajstić information content (AvgIpc) is 2.63. The monoisotopic (exact) mass is 224 g/mol. The molecule has 0 aliphatic heterocycles. The van der Waals surface area contributed by atoms with Crippen molar-refractivity contribution in [3.8, 4) is 0 Å². The van der Waals surface area contributed by atoms with Gasteiger partial charge in [-0.05, 0) is 24.3 Å². The van der Waals surface area contributed by atoms with Crippen molar-refractivity contribution in [2.75, 3.05) is 0 Å². The normalized spacial score (nSPS) is 53.8. The van der Waals surface area contributed by atoms with Crippen LogP contribution in [0.2, 0.25) is 0 Å². The van der Waals surface area contributed by atoms with Gasteiger partial charge in [-0.3, -0.25) is 4.79 Å². The van der Waals surface area contributed by atoms with Gasteiger partial charge >= 0.3 is 0 Å². The van der Waals surface area contributed by atoms with Crippen LogP contribution in [0.5, 0.6) is 0 Å². The zero-order chi connectivity index (χ0) is 8.34. The Bertz CT molecular complexity index is 318. The summed E-state index contributed by atoms with van der Waals surface area (Å²) in [6.45, 7) is 0. The third-order valence-corrected chi connectivity index (χ3v) is 4.75. The van der Waals surface area contributed by atoms with Gasteiger partial charge in [0.1, 0.15) is 0 Å². The van der Waals surface area contributed by atoms with E-state index in [1.165, 1.54) is 0 Å². The fourth-order valence-electron chi connectivity index (χ4n) is 2.83. The Kier molecular flexibility index (Phi) is 1.13. The molecule has 0 unspecified atom stereocenters. The maximum absolute atomic E-state index is 11.5. The molecule has 12 heavy (non-hydrogen) atoms. The van der Waals surface area contributed by atoms with Crippen LogP contribution in [0.3, 0.4) is 0 Å². The Labute approximate surface area is 79.7 Å². The smallest absolute Gasteiger partial charge is 0.160 e. The van der Waals surface area contributed by atoms with Crippen LogP contribution in [-0.4, -0.2) is 10.1 Å². The van der Waals surface area contributed by atoms with Gasteiger partial charge in [-0.1, -0.05) is 34.2 Å². The first-order valence-corrected chi connectivity index (χ1v) is 5.11. The number of hydrogen-bond acceptors (Lipinski definition) is 1. The molecule has 1 saturated carbocycles. The Morgan fingerprint density at radius 3 is 3.08 bits per heavy atom. The van der Waals surface area contributed by atoms with E-state index < -0.39 is 0 Å². The zero-order valence-corrected chi connectivity index (χ0v) is 8.12. The highest BCUT2D eigenvalue weighted by Crippen LogP contribution is 2.58. The lowest BCUT2D eigenvalue weighted by atomic mass is 9.85. The summed E-state index contributed by atoms with van der Waals surface area (Å²) in [6, 6.07) is 0. The molecule has 0 saturated heterocycles. The predicted octanol–water partition coefficient (Wildman–Crippen LogP) is 2.08. The summed E-state index contributed by atoms with van der Waals surface area (Å²) in [5.41, 5.74) is 0. The number of alkyl halides is 1. The quantitative estimate of drug-likeness (QED) is 0.455. The van der Waals surface area contributed by atoms with E-state index in [1.54, 1.807) is 6.08 Å². The molecule has 0 aromatic heterocycles. The SMILES string of the molecule is O=C1C=C[C@]2(Br)[C@H]1[C@@H]1C=C[C@H]2C1. The van der Waals surface area contributed by atoms with Crippen LogP contribution in [0.25, 0.3) is 0 Å². The summed E-state index contributed by atoms with van der Waals surface area (Å²) in [7, 11) is 0. The van der Waals surface area contributed by atoms with Crippen molar-refractivity contribution in [2.24, 2.45) is 17.8 Å². The van der Waals surface area contributed by atoms with Crippen molar-refractivity contribution in [3.05, 3.63) is 24.3 Å². The van der Waals surface area contributed by atoms with Gasteiger partial charge in [0.05, 0.1) is 4.32 Å². The molecule has 0 N–H and O–H groups in total. The number of fused-ring (bicyclic) bond motifs is 5. The predicted molar refractivity (Wildman–Crippen MR) is 50.0 cm³/mol. The van der Waals surface area contributed by atoms with Gasteiger partial charge < -0.3 is 0 Å². The third-order valence-electron chi connectivity index (χ3n) is 3.40. The molecule has 0 aromatic rings. The number of carbonyl (C=O) groups excluding carboxylic acids is 1. The molecule has 0 aromatic carbocycles. The van der Waals surface area contributed by atoms with Crippen LogP contribution in [0.15, 0.2) is 24.3 Å². The molecule has 3 rings (SSSR count). The van der Waals surface area contributed by atoms with Crippen LogP contribution in [0.4, 0.5) is 0 Å². The number of allylic oxidation sites excluding steroid dienone is 4. The van der Waals surface area contributed by atoms with E-state index in [4.69, 9.17) is 0 Å². The summed E-state index contributed by atoms with van der Waals surface area (Å²) in [6.07, 6.45) is 9.41. The number of halogens is 1. The number of hydrogen-bond donors (Lipinski definition) is 0. The minimum atomic E-state index is -0.0104. The van der Waals surface area contributed by atoms with Crippen LogP contribution in [0, 0.1) is 17.8 Å². The Balaban J connectivity index is 2.16. The summed E-state index contributed by atoms with van der Waals surface area (Å²) in [4.78, 5) is 11.5. The second-order valence-electron chi connectivity index (χ2n) is 3.93. The Hall–Kier alpha value is -0.370.